The van der Waals surface area contributed by atoms with Gasteiger partial charge in [-0.05, 0) is 25.0 Å². The van der Waals surface area contributed by atoms with E-state index in [1.165, 1.54) is 5.56 Å². The zero-order valence-electron chi connectivity index (χ0n) is 8.79. The highest BCUT2D eigenvalue weighted by molar-refractivity contribution is 6.38. The van der Waals surface area contributed by atoms with Gasteiger partial charge in [0.1, 0.15) is 20.2 Å². The van der Waals surface area contributed by atoms with E-state index >= 15 is 0 Å². The van der Waals surface area contributed by atoms with Crippen LogP contribution in [0.25, 0.3) is 0 Å². The molecule has 0 aliphatic rings. The second kappa shape index (κ2) is 5.70. The van der Waals surface area contributed by atoms with Gasteiger partial charge < -0.3 is 4.12 Å². The number of benzene rings is 1. The van der Waals surface area contributed by atoms with Crippen molar-refractivity contribution in [3.63, 3.8) is 0 Å². The molecule has 1 rings (SSSR count). The molecule has 0 bridgehead atoms. The average molecular weight is 245 g/mol. The zero-order chi connectivity index (χ0) is 10.4. The van der Waals surface area contributed by atoms with Gasteiger partial charge in [0.2, 0.25) is 0 Å². The Morgan fingerprint density at radius 3 is 2.64 bits per heavy atom. The zero-order valence-corrected chi connectivity index (χ0v) is 13.0. The largest absolute Gasteiger partial charge is 0.468 e. The van der Waals surface area contributed by atoms with Gasteiger partial charge in [-0.25, -0.2) is 0 Å². The molecule has 14 heavy (non-hydrogen) atoms. The molecule has 1 atom stereocenters. The van der Waals surface area contributed by atoms with Crippen molar-refractivity contribution in [2.45, 2.75) is 24.3 Å². The molecule has 0 spiro atoms. The maximum absolute atomic E-state index is 6.42. The van der Waals surface area contributed by atoms with Crippen LogP contribution in [0.5, 0.6) is 0 Å². The molecule has 0 saturated heterocycles. The third-order valence-electron chi connectivity index (χ3n) is 2.24. The molecule has 0 aromatic heterocycles. The minimum Gasteiger partial charge on any atom is -0.468 e. The molecule has 4 heteroatoms. The van der Waals surface area contributed by atoms with Crippen molar-refractivity contribution in [2.24, 2.45) is 0 Å². The van der Waals surface area contributed by atoms with Gasteiger partial charge in [0, 0.05) is 4.87 Å². The van der Waals surface area contributed by atoms with E-state index in [0.29, 0.717) is 0 Å². The van der Waals surface area contributed by atoms with E-state index < -0.39 is 0 Å². The fourth-order valence-corrected chi connectivity index (χ4v) is 3.23. The lowest BCUT2D eigenvalue weighted by molar-refractivity contribution is 0.616. The Morgan fingerprint density at radius 1 is 1.43 bits per heavy atom. The summed E-state index contributed by atoms with van der Waals surface area (Å²) in [5.41, 5.74) is 1.31. The first-order chi connectivity index (χ1) is 6.64. The highest BCUT2D eigenvalue weighted by atomic mass is 35.5. The molecule has 0 aliphatic carbocycles. The topological polar surface area (TPSA) is 9.23 Å². The minimum atomic E-state index is -0.369. The number of hydrogen-bond donors (Lipinski definition) is 0. The molecule has 1 aromatic carbocycles. The summed E-state index contributed by atoms with van der Waals surface area (Å²) in [5, 5.41) is 0. The molecule has 0 radical (unpaired) electrons. The maximum Gasteiger partial charge on any atom is 0.147 e. The predicted molar refractivity (Wildman–Crippen MR) is 68.8 cm³/mol. The maximum atomic E-state index is 6.42. The summed E-state index contributed by atoms with van der Waals surface area (Å²) in [6.07, 6.45) is 0.938. The third kappa shape index (κ3) is 4.42. The summed E-state index contributed by atoms with van der Waals surface area (Å²) >= 11 is 6.42. The van der Waals surface area contributed by atoms with Crippen LogP contribution in [-0.2, 0) is 10.5 Å². The van der Waals surface area contributed by atoms with Crippen molar-refractivity contribution < 1.29 is 4.12 Å². The molecular formula is C10H17ClOSi2. The van der Waals surface area contributed by atoms with Gasteiger partial charge in [-0.3, -0.25) is 0 Å². The summed E-state index contributed by atoms with van der Waals surface area (Å²) in [5.74, 6) is 0. The summed E-state index contributed by atoms with van der Waals surface area (Å²) in [6, 6.07) is 11.5. The van der Waals surface area contributed by atoms with Gasteiger partial charge >= 0.3 is 0 Å². The lowest BCUT2D eigenvalue weighted by atomic mass is 10.0. The first-order valence-electron chi connectivity index (χ1n) is 4.86. The second-order valence-corrected chi connectivity index (χ2v) is 7.95. The first-order valence-corrected chi connectivity index (χ1v) is 7.63. The lowest BCUT2D eigenvalue weighted by Crippen LogP contribution is -2.22. The normalized spacial score (nSPS) is 16.1. The molecule has 0 aliphatic heterocycles. The number of rotatable bonds is 5. The number of halogens is 1. The molecule has 0 heterocycles. The highest BCUT2D eigenvalue weighted by Gasteiger charge is 2.20. The van der Waals surface area contributed by atoms with Crippen LogP contribution in [0.4, 0.5) is 0 Å². The van der Waals surface area contributed by atoms with Gasteiger partial charge in [-0.1, -0.05) is 30.3 Å². The van der Waals surface area contributed by atoms with E-state index in [1.54, 1.807) is 0 Å². The van der Waals surface area contributed by atoms with Crippen LogP contribution < -0.4 is 0 Å². The Hall–Kier alpha value is -0.0962. The van der Waals surface area contributed by atoms with Crippen LogP contribution in [0.2, 0.25) is 6.04 Å². The molecule has 0 N–H and O–H groups in total. The number of alkyl halides is 1. The van der Waals surface area contributed by atoms with E-state index in [4.69, 9.17) is 15.7 Å². The van der Waals surface area contributed by atoms with Crippen LogP contribution >= 0.6 is 11.6 Å². The fourth-order valence-electron chi connectivity index (χ4n) is 1.42. The first kappa shape index (κ1) is 12.0. The van der Waals surface area contributed by atoms with Gasteiger partial charge in [-0.15, -0.1) is 11.6 Å². The van der Waals surface area contributed by atoms with E-state index in [0.717, 1.165) is 23.0 Å². The minimum absolute atomic E-state index is 0.113. The standard InChI is InChI=1S/C10H17ClOSi2/c1-10(11,8-14-12-13)7-9-5-3-2-4-6-9/h2-6H,7-8,14H2,1,13H3. The van der Waals surface area contributed by atoms with E-state index in [2.05, 4.69) is 31.2 Å². The third-order valence-corrected chi connectivity index (χ3v) is 5.82. The van der Waals surface area contributed by atoms with Crippen molar-refractivity contribution in [3.05, 3.63) is 35.9 Å². The predicted octanol–water partition coefficient (Wildman–Crippen LogP) is 1.03. The van der Waals surface area contributed by atoms with Crippen LogP contribution in [0.1, 0.15) is 12.5 Å². The van der Waals surface area contributed by atoms with Crippen molar-refractivity contribution in [2.75, 3.05) is 0 Å². The Balaban J connectivity index is 2.50. The summed E-state index contributed by atoms with van der Waals surface area (Å²) in [6.45, 7) is 2.11. The molecule has 0 fully saturated rings. The van der Waals surface area contributed by atoms with Gasteiger partial charge in [-0.2, -0.15) is 0 Å². The van der Waals surface area contributed by atoms with Crippen molar-refractivity contribution >= 4 is 31.9 Å². The summed E-state index contributed by atoms with van der Waals surface area (Å²) in [4.78, 5) is -0.113. The van der Waals surface area contributed by atoms with Crippen LogP contribution in [0, 0.1) is 0 Å². The van der Waals surface area contributed by atoms with E-state index in [1.807, 2.05) is 6.07 Å². The molecule has 78 valence electrons. The molecule has 0 saturated carbocycles. The molecule has 1 nitrogen and oxygen atoms in total. The Bertz CT molecular complexity index is 264. The quantitative estimate of drug-likeness (QED) is 0.556. The molecular weight excluding hydrogens is 228 g/mol. The van der Waals surface area contributed by atoms with E-state index in [-0.39, 0.29) is 14.6 Å². The van der Waals surface area contributed by atoms with E-state index in [9.17, 15) is 0 Å². The Labute approximate surface area is 96.3 Å². The highest BCUT2D eigenvalue weighted by Crippen LogP contribution is 2.24. The summed E-state index contributed by atoms with van der Waals surface area (Å²) < 4.78 is 5.31. The lowest BCUT2D eigenvalue weighted by Gasteiger charge is -2.21. The Morgan fingerprint density at radius 2 is 2.07 bits per heavy atom. The molecule has 1 unspecified atom stereocenters. The van der Waals surface area contributed by atoms with Crippen molar-refractivity contribution in [1.29, 1.82) is 0 Å². The Kier molecular flexibility index (Phi) is 4.88. The van der Waals surface area contributed by atoms with Gasteiger partial charge in [0.15, 0.2) is 0 Å². The summed E-state index contributed by atoms with van der Waals surface area (Å²) in [7, 11) is 0.490. The van der Waals surface area contributed by atoms with Gasteiger partial charge in [0.25, 0.3) is 0 Å². The fraction of sp³-hybridized carbons (Fsp3) is 0.400. The second-order valence-electron chi connectivity index (χ2n) is 3.82. The van der Waals surface area contributed by atoms with Crippen molar-refractivity contribution in [1.82, 2.24) is 0 Å². The monoisotopic (exact) mass is 244 g/mol. The SMILES string of the molecule is CC(Cl)(C[SiH2]O[SiH3])Cc1ccccc1. The molecule has 0 amide bonds. The van der Waals surface area contributed by atoms with Crippen molar-refractivity contribution in [3.8, 4) is 0 Å². The van der Waals surface area contributed by atoms with Crippen LogP contribution in [0.3, 0.4) is 0 Å². The average Bonchev–Trinajstić information content (AvgIpc) is 2.16. The van der Waals surface area contributed by atoms with Gasteiger partial charge in [0.05, 0.1) is 0 Å². The number of hydrogen-bond acceptors (Lipinski definition) is 1. The smallest absolute Gasteiger partial charge is 0.147 e. The van der Waals surface area contributed by atoms with Crippen LogP contribution in [0.15, 0.2) is 30.3 Å². The molecule has 1 aromatic rings. The van der Waals surface area contributed by atoms with Crippen LogP contribution in [-0.4, -0.2) is 25.1 Å².